The zero-order valence-electron chi connectivity index (χ0n) is 11.8. The van der Waals surface area contributed by atoms with Crippen LogP contribution in [0.15, 0.2) is 30.3 Å². The fourth-order valence-corrected chi connectivity index (χ4v) is 1.94. The summed E-state index contributed by atoms with van der Waals surface area (Å²) in [6.45, 7) is 5.57. The highest BCUT2D eigenvalue weighted by Crippen LogP contribution is 2.16. The van der Waals surface area contributed by atoms with E-state index in [9.17, 15) is 0 Å². The number of rotatable bonds is 6. The maximum atomic E-state index is 5.42. The second kappa shape index (κ2) is 6.27. The number of hydrogen-bond donors (Lipinski definition) is 1. The number of hydrogen-bond acceptors (Lipinski definition) is 3. The summed E-state index contributed by atoms with van der Waals surface area (Å²) >= 11 is 0. The fraction of sp³-hybridized carbons (Fsp3) is 0.400. The van der Waals surface area contributed by atoms with Crippen molar-refractivity contribution >= 4 is 5.69 Å². The summed E-state index contributed by atoms with van der Waals surface area (Å²) in [6.07, 6.45) is 0.969. The molecule has 0 bridgehead atoms. The molecule has 19 heavy (non-hydrogen) atoms. The van der Waals surface area contributed by atoms with Gasteiger partial charge in [-0.2, -0.15) is 5.10 Å². The van der Waals surface area contributed by atoms with E-state index >= 15 is 0 Å². The number of ether oxygens (including phenoxy) is 1. The van der Waals surface area contributed by atoms with Crippen LogP contribution in [0.1, 0.15) is 25.2 Å². The normalized spacial score (nSPS) is 10.5. The Bertz CT molecular complexity index is 517. The molecule has 0 aliphatic carbocycles. The van der Waals surface area contributed by atoms with Crippen molar-refractivity contribution in [2.75, 3.05) is 11.9 Å². The lowest BCUT2D eigenvalue weighted by atomic mass is 10.2. The lowest BCUT2D eigenvalue weighted by Crippen LogP contribution is -2.05. The van der Waals surface area contributed by atoms with Crippen molar-refractivity contribution in [3.05, 3.63) is 41.7 Å². The van der Waals surface area contributed by atoms with E-state index in [-0.39, 0.29) is 0 Å². The molecule has 102 valence electrons. The van der Waals surface area contributed by atoms with Crippen molar-refractivity contribution in [2.45, 2.75) is 26.8 Å². The van der Waals surface area contributed by atoms with Gasteiger partial charge in [-0.15, -0.1) is 0 Å². The van der Waals surface area contributed by atoms with Gasteiger partial charge in [-0.25, -0.2) is 0 Å². The Labute approximate surface area is 114 Å². The summed E-state index contributed by atoms with van der Waals surface area (Å²) < 4.78 is 7.35. The van der Waals surface area contributed by atoms with Crippen LogP contribution in [0.5, 0.6) is 5.75 Å². The van der Waals surface area contributed by atoms with Crippen LogP contribution in [-0.2, 0) is 20.0 Å². The molecule has 1 aromatic heterocycles. The van der Waals surface area contributed by atoms with E-state index in [0.717, 1.165) is 30.1 Å². The molecule has 0 saturated carbocycles. The first kappa shape index (κ1) is 13.5. The van der Waals surface area contributed by atoms with Crippen molar-refractivity contribution in [1.29, 1.82) is 0 Å². The summed E-state index contributed by atoms with van der Waals surface area (Å²) in [5.41, 5.74) is 3.40. The molecule has 1 heterocycles. The molecule has 0 atom stereocenters. The molecule has 0 fully saturated rings. The number of nitrogens with zero attached hydrogens (tertiary/aromatic N) is 2. The van der Waals surface area contributed by atoms with Crippen LogP contribution in [0.2, 0.25) is 0 Å². The fourth-order valence-electron chi connectivity index (χ4n) is 1.94. The molecule has 0 aliphatic rings. The van der Waals surface area contributed by atoms with Crippen molar-refractivity contribution < 1.29 is 4.74 Å². The SMILES string of the molecule is CCOc1ccc(NCc2cc(CC)nn2C)cc1. The molecule has 4 heteroatoms. The van der Waals surface area contributed by atoms with E-state index in [1.54, 1.807) is 0 Å². The van der Waals surface area contributed by atoms with Gasteiger partial charge >= 0.3 is 0 Å². The average Bonchev–Trinajstić information content (AvgIpc) is 2.79. The third-order valence-corrected chi connectivity index (χ3v) is 3.03. The molecule has 0 spiro atoms. The van der Waals surface area contributed by atoms with Gasteiger partial charge in [-0.05, 0) is 43.7 Å². The molecule has 0 unspecified atom stereocenters. The maximum Gasteiger partial charge on any atom is 0.119 e. The largest absolute Gasteiger partial charge is 0.494 e. The summed E-state index contributed by atoms with van der Waals surface area (Å²) in [5.74, 6) is 0.904. The Kier molecular flexibility index (Phi) is 4.44. The van der Waals surface area contributed by atoms with Crippen LogP contribution >= 0.6 is 0 Å². The first-order valence-corrected chi connectivity index (χ1v) is 6.71. The van der Waals surface area contributed by atoms with Gasteiger partial charge in [0, 0.05) is 12.7 Å². The van der Waals surface area contributed by atoms with Crippen LogP contribution in [0.3, 0.4) is 0 Å². The quantitative estimate of drug-likeness (QED) is 0.866. The number of anilines is 1. The lowest BCUT2D eigenvalue weighted by molar-refractivity contribution is 0.340. The highest BCUT2D eigenvalue weighted by atomic mass is 16.5. The summed E-state index contributed by atoms with van der Waals surface area (Å²) in [5, 5.41) is 7.83. The molecule has 0 amide bonds. The van der Waals surface area contributed by atoms with E-state index in [4.69, 9.17) is 4.74 Å². The van der Waals surface area contributed by atoms with Crippen molar-refractivity contribution in [3.63, 3.8) is 0 Å². The van der Waals surface area contributed by atoms with Crippen LogP contribution in [0.4, 0.5) is 5.69 Å². The smallest absolute Gasteiger partial charge is 0.119 e. The molecular formula is C15H21N3O. The van der Waals surface area contributed by atoms with Crippen LogP contribution < -0.4 is 10.1 Å². The Hall–Kier alpha value is -1.97. The van der Waals surface area contributed by atoms with E-state index < -0.39 is 0 Å². The van der Waals surface area contributed by atoms with E-state index in [2.05, 4.69) is 23.4 Å². The highest BCUT2D eigenvalue weighted by molar-refractivity contribution is 5.46. The van der Waals surface area contributed by atoms with Gasteiger partial charge in [0.1, 0.15) is 5.75 Å². The number of benzene rings is 1. The van der Waals surface area contributed by atoms with Gasteiger partial charge in [0.15, 0.2) is 0 Å². The average molecular weight is 259 g/mol. The van der Waals surface area contributed by atoms with E-state index in [0.29, 0.717) is 6.61 Å². The Morgan fingerprint density at radius 2 is 1.95 bits per heavy atom. The van der Waals surface area contributed by atoms with Gasteiger partial charge in [0.25, 0.3) is 0 Å². The minimum atomic E-state index is 0.696. The molecule has 4 nitrogen and oxygen atoms in total. The number of aryl methyl sites for hydroxylation is 2. The monoisotopic (exact) mass is 259 g/mol. The molecule has 0 aliphatic heterocycles. The predicted octanol–water partition coefficient (Wildman–Crippen LogP) is 2.99. The number of aromatic nitrogens is 2. The predicted molar refractivity (Wildman–Crippen MR) is 77.5 cm³/mol. The van der Waals surface area contributed by atoms with Gasteiger partial charge in [0.2, 0.25) is 0 Å². The van der Waals surface area contributed by atoms with Gasteiger partial charge < -0.3 is 10.1 Å². The minimum Gasteiger partial charge on any atom is -0.494 e. The first-order chi connectivity index (χ1) is 9.22. The van der Waals surface area contributed by atoms with Crippen molar-refractivity contribution in [3.8, 4) is 5.75 Å². The van der Waals surface area contributed by atoms with Crippen LogP contribution in [0.25, 0.3) is 0 Å². The number of nitrogens with one attached hydrogen (secondary N) is 1. The standard InChI is InChI=1S/C15H21N3O/c1-4-12-10-14(18(3)17-12)11-16-13-6-8-15(9-7-13)19-5-2/h6-10,16H,4-5,11H2,1-3H3. The third kappa shape index (κ3) is 3.50. The van der Waals surface area contributed by atoms with Gasteiger partial charge in [-0.1, -0.05) is 6.92 Å². The zero-order chi connectivity index (χ0) is 13.7. The molecule has 1 aromatic carbocycles. The second-order valence-electron chi connectivity index (χ2n) is 4.42. The molecule has 2 aromatic rings. The Morgan fingerprint density at radius 1 is 1.21 bits per heavy atom. The van der Waals surface area contributed by atoms with E-state index in [1.807, 2.05) is 42.9 Å². The summed E-state index contributed by atoms with van der Waals surface area (Å²) in [4.78, 5) is 0. The van der Waals surface area contributed by atoms with Crippen LogP contribution in [-0.4, -0.2) is 16.4 Å². The molecule has 1 N–H and O–H groups in total. The summed E-state index contributed by atoms with van der Waals surface area (Å²) in [7, 11) is 1.98. The Morgan fingerprint density at radius 3 is 2.53 bits per heavy atom. The van der Waals surface area contributed by atoms with Gasteiger partial charge in [-0.3, -0.25) is 4.68 Å². The summed E-state index contributed by atoms with van der Waals surface area (Å²) in [6, 6.07) is 10.2. The van der Waals surface area contributed by atoms with E-state index in [1.165, 1.54) is 5.69 Å². The zero-order valence-corrected chi connectivity index (χ0v) is 11.8. The van der Waals surface area contributed by atoms with Crippen LogP contribution in [0, 0.1) is 0 Å². The lowest BCUT2D eigenvalue weighted by Gasteiger charge is -2.08. The van der Waals surface area contributed by atoms with Crippen molar-refractivity contribution in [2.24, 2.45) is 7.05 Å². The third-order valence-electron chi connectivity index (χ3n) is 3.03. The maximum absolute atomic E-state index is 5.42. The van der Waals surface area contributed by atoms with Crippen molar-refractivity contribution in [1.82, 2.24) is 9.78 Å². The van der Waals surface area contributed by atoms with Gasteiger partial charge in [0.05, 0.1) is 24.5 Å². The first-order valence-electron chi connectivity index (χ1n) is 6.71. The topological polar surface area (TPSA) is 39.1 Å². The molecule has 0 radical (unpaired) electrons. The molecule has 2 rings (SSSR count). The second-order valence-corrected chi connectivity index (χ2v) is 4.42. The molecular weight excluding hydrogens is 238 g/mol. The highest BCUT2D eigenvalue weighted by Gasteiger charge is 2.03. The molecule has 0 saturated heterocycles. The Balaban J connectivity index is 1.95. The minimum absolute atomic E-state index is 0.696.